The normalized spacial score (nSPS) is 18.8. The number of furan rings is 1. The Kier molecular flexibility index (Phi) is 5.37. The molecule has 3 aromatic rings. The van der Waals surface area contributed by atoms with Crippen LogP contribution in [0.5, 0.6) is 23.0 Å². The topological polar surface area (TPSA) is 108 Å². The van der Waals surface area contributed by atoms with Crippen molar-refractivity contribution in [2.45, 2.75) is 6.04 Å². The van der Waals surface area contributed by atoms with Gasteiger partial charge in [-0.1, -0.05) is 0 Å². The summed E-state index contributed by atoms with van der Waals surface area (Å²) in [5, 5.41) is 11.3. The van der Waals surface area contributed by atoms with E-state index in [1.54, 1.807) is 48.5 Å². The molecule has 174 valence electrons. The molecule has 3 heterocycles. The maximum atomic E-state index is 13.2. The Morgan fingerprint density at radius 2 is 1.79 bits per heavy atom. The maximum Gasteiger partial charge on any atom is 0.300 e. The fraction of sp³-hybridized carbons (Fsp3) is 0.200. The Labute approximate surface area is 194 Å². The van der Waals surface area contributed by atoms with Gasteiger partial charge in [0.25, 0.3) is 11.7 Å². The second-order valence-corrected chi connectivity index (χ2v) is 7.58. The third-order valence-corrected chi connectivity index (χ3v) is 5.72. The lowest BCUT2D eigenvalue weighted by atomic mass is 9.98. The van der Waals surface area contributed by atoms with Crippen molar-refractivity contribution in [2.24, 2.45) is 0 Å². The zero-order valence-corrected chi connectivity index (χ0v) is 18.4. The number of carbonyl (C=O) groups excluding carboxylic acids is 2. The predicted molar refractivity (Wildman–Crippen MR) is 120 cm³/mol. The van der Waals surface area contributed by atoms with Crippen molar-refractivity contribution < 1.29 is 38.1 Å². The van der Waals surface area contributed by atoms with Crippen molar-refractivity contribution in [3.63, 3.8) is 0 Å². The SMILES string of the molecule is COc1ccc(/C(O)=C2/C(=O)C(=O)N(c3ccc4c(c3)OCCO4)C2c2ccco2)c(OC)c1. The average molecular weight is 463 g/mol. The number of hydrogen-bond donors (Lipinski definition) is 1. The molecular weight excluding hydrogens is 442 g/mol. The molecule has 1 N–H and O–H groups in total. The summed E-state index contributed by atoms with van der Waals surface area (Å²) in [6.45, 7) is 0.793. The van der Waals surface area contributed by atoms with Crippen LogP contribution in [0.2, 0.25) is 0 Å². The van der Waals surface area contributed by atoms with Gasteiger partial charge in [0, 0.05) is 17.8 Å². The molecule has 1 atom stereocenters. The number of aliphatic hydroxyl groups excluding tert-OH is 1. The molecule has 1 saturated heterocycles. The minimum atomic E-state index is -1.01. The fourth-order valence-electron chi connectivity index (χ4n) is 4.14. The molecular formula is C25H21NO8. The number of benzene rings is 2. The van der Waals surface area contributed by atoms with E-state index in [9.17, 15) is 14.7 Å². The molecule has 5 rings (SSSR count). The first-order valence-electron chi connectivity index (χ1n) is 10.5. The van der Waals surface area contributed by atoms with E-state index < -0.39 is 17.7 Å². The third kappa shape index (κ3) is 3.42. The number of Topliss-reactive ketones (excluding diaryl/α,β-unsaturated/α-hetero) is 1. The lowest BCUT2D eigenvalue weighted by molar-refractivity contribution is -0.132. The van der Waals surface area contributed by atoms with Crippen molar-refractivity contribution in [2.75, 3.05) is 32.3 Å². The van der Waals surface area contributed by atoms with Gasteiger partial charge in [-0.15, -0.1) is 0 Å². The molecule has 0 saturated carbocycles. The summed E-state index contributed by atoms with van der Waals surface area (Å²) in [6, 6.07) is 12.0. The van der Waals surface area contributed by atoms with Gasteiger partial charge in [0.05, 0.1) is 31.6 Å². The third-order valence-electron chi connectivity index (χ3n) is 5.72. The number of anilines is 1. The highest BCUT2D eigenvalue weighted by Gasteiger charge is 2.48. The van der Waals surface area contributed by atoms with Crippen LogP contribution >= 0.6 is 0 Å². The summed E-state index contributed by atoms with van der Waals surface area (Å²) < 4.78 is 27.4. The molecule has 1 unspecified atom stereocenters. The Balaban J connectivity index is 1.68. The summed E-state index contributed by atoms with van der Waals surface area (Å²) in [5.41, 5.74) is 0.506. The summed E-state index contributed by atoms with van der Waals surface area (Å²) >= 11 is 0. The van der Waals surface area contributed by atoms with Gasteiger partial charge in [0.15, 0.2) is 11.5 Å². The van der Waals surface area contributed by atoms with Gasteiger partial charge in [-0.25, -0.2) is 0 Å². The smallest absolute Gasteiger partial charge is 0.300 e. The minimum Gasteiger partial charge on any atom is -0.507 e. The number of carbonyl (C=O) groups is 2. The van der Waals surface area contributed by atoms with Crippen molar-refractivity contribution in [3.05, 3.63) is 71.7 Å². The highest BCUT2D eigenvalue weighted by Crippen LogP contribution is 2.45. The van der Waals surface area contributed by atoms with Crippen molar-refractivity contribution >= 4 is 23.1 Å². The molecule has 2 aliphatic heterocycles. The lowest BCUT2D eigenvalue weighted by Gasteiger charge is -2.25. The van der Waals surface area contributed by atoms with Crippen LogP contribution in [0.1, 0.15) is 17.4 Å². The highest BCUT2D eigenvalue weighted by molar-refractivity contribution is 6.51. The van der Waals surface area contributed by atoms with E-state index in [-0.39, 0.29) is 22.6 Å². The quantitative estimate of drug-likeness (QED) is 0.347. The molecule has 9 nitrogen and oxygen atoms in total. The molecule has 2 aromatic carbocycles. The minimum absolute atomic E-state index is 0.127. The summed E-state index contributed by atoms with van der Waals surface area (Å²) in [7, 11) is 2.94. The van der Waals surface area contributed by atoms with Crippen LogP contribution in [0.4, 0.5) is 5.69 Å². The van der Waals surface area contributed by atoms with Gasteiger partial charge in [-0.05, 0) is 36.4 Å². The fourth-order valence-corrected chi connectivity index (χ4v) is 4.14. The molecule has 34 heavy (non-hydrogen) atoms. The molecule has 0 bridgehead atoms. The van der Waals surface area contributed by atoms with Crippen LogP contribution in [0.15, 0.2) is 64.8 Å². The van der Waals surface area contributed by atoms with E-state index in [4.69, 9.17) is 23.4 Å². The maximum absolute atomic E-state index is 13.2. The Bertz CT molecular complexity index is 1290. The number of ether oxygens (including phenoxy) is 4. The van der Waals surface area contributed by atoms with Crippen molar-refractivity contribution in [1.29, 1.82) is 0 Å². The number of aliphatic hydroxyl groups is 1. The standard InChI is InChI=1S/C25H21NO8/c1-30-15-6-7-16(19(13-15)31-2)23(27)21-22(18-4-3-9-32-18)26(25(29)24(21)28)14-5-8-17-20(12-14)34-11-10-33-17/h3-9,12-13,22,27H,10-11H2,1-2H3/b23-21-. The molecule has 1 aromatic heterocycles. The van der Waals surface area contributed by atoms with Crippen molar-refractivity contribution in [3.8, 4) is 23.0 Å². The monoisotopic (exact) mass is 463 g/mol. The van der Waals surface area contributed by atoms with E-state index in [0.29, 0.717) is 41.9 Å². The Morgan fingerprint density at radius 3 is 2.50 bits per heavy atom. The first-order valence-corrected chi connectivity index (χ1v) is 10.5. The van der Waals surface area contributed by atoms with Gasteiger partial charge in [0.2, 0.25) is 0 Å². The van der Waals surface area contributed by atoms with Gasteiger partial charge in [0.1, 0.15) is 42.3 Å². The van der Waals surface area contributed by atoms with Crippen LogP contribution in [0.25, 0.3) is 5.76 Å². The van der Waals surface area contributed by atoms with E-state index in [0.717, 1.165) is 0 Å². The zero-order valence-electron chi connectivity index (χ0n) is 18.4. The summed E-state index contributed by atoms with van der Waals surface area (Å²) in [6.07, 6.45) is 1.44. The second kappa shape index (κ2) is 8.51. The van der Waals surface area contributed by atoms with Crippen LogP contribution in [-0.2, 0) is 9.59 Å². The average Bonchev–Trinajstić information content (AvgIpc) is 3.49. The number of rotatable bonds is 5. The van der Waals surface area contributed by atoms with E-state index in [1.165, 1.54) is 25.4 Å². The van der Waals surface area contributed by atoms with E-state index in [2.05, 4.69) is 0 Å². The number of amides is 1. The van der Waals surface area contributed by atoms with Crippen LogP contribution in [0.3, 0.4) is 0 Å². The van der Waals surface area contributed by atoms with E-state index in [1.807, 2.05) is 0 Å². The highest BCUT2D eigenvalue weighted by atomic mass is 16.6. The number of fused-ring (bicyclic) bond motifs is 1. The zero-order chi connectivity index (χ0) is 23.8. The van der Waals surface area contributed by atoms with Gasteiger partial charge < -0.3 is 28.5 Å². The molecule has 9 heteroatoms. The van der Waals surface area contributed by atoms with Crippen LogP contribution < -0.4 is 23.8 Å². The van der Waals surface area contributed by atoms with Crippen LogP contribution in [0, 0.1) is 0 Å². The van der Waals surface area contributed by atoms with Gasteiger partial charge >= 0.3 is 0 Å². The largest absolute Gasteiger partial charge is 0.507 e. The molecule has 1 fully saturated rings. The number of ketones is 1. The number of nitrogens with zero attached hydrogens (tertiary/aromatic N) is 1. The predicted octanol–water partition coefficient (Wildman–Crippen LogP) is 3.69. The number of methoxy groups -OCH3 is 2. The molecule has 2 aliphatic rings. The Hall–Kier alpha value is -4.40. The molecule has 0 radical (unpaired) electrons. The first-order chi connectivity index (χ1) is 16.5. The number of hydrogen-bond acceptors (Lipinski definition) is 8. The van der Waals surface area contributed by atoms with E-state index >= 15 is 0 Å². The molecule has 0 aliphatic carbocycles. The first kappa shape index (κ1) is 21.4. The van der Waals surface area contributed by atoms with Gasteiger partial charge in [-0.2, -0.15) is 0 Å². The second-order valence-electron chi connectivity index (χ2n) is 7.58. The molecule has 1 amide bonds. The molecule has 0 spiro atoms. The van der Waals surface area contributed by atoms with Crippen LogP contribution in [-0.4, -0.2) is 44.2 Å². The van der Waals surface area contributed by atoms with Crippen molar-refractivity contribution in [1.82, 2.24) is 0 Å². The summed E-state index contributed by atoms with van der Waals surface area (Å²) in [5.74, 6) is 0.0410. The Morgan fingerprint density at radius 1 is 1.00 bits per heavy atom. The van der Waals surface area contributed by atoms with Gasteiger partial charge in [-0.3, -0.25) is 14.5 Å². The lowest BCUT2D eigenvalue weighted by Crippen LogP contribution is -2.29. The summed E-state index contributed by atoms with van der Waals surface area (Å²) in [4.78, 5) is 27.8.